The number of rotatable bonds is 6. The van der Waals surface area contributed by atoms with Crippen molar-refractivity contribution in [1.82, 2.24) is 5.32 Å². The predicted octanol–water partition coefficient (Wildman–Crippen LogP) is 2.25. The second-order valence-corrected chi connectivity index (χ2v) is 4.50. The van der Waals surface area contributed by atoms with Gasteiger partial charge in [-0.2, -0.15) is 0 Å². The molecule has 106 valence electrons. The summed E-state index contributed by atoms with van der Waals surface area (Å²) in [4.78, 5) is 22.2. The van der Waals surface area contributed by atoms with Gasteiger partial charge in [0.1, 0.15) is 0 Å². The highest BCUT2D eigenvalue weighted by Crippen LogP contribution is 2.28. The van der Waals surface area contributed by atoms with Gasteiger partial charge in [-0.05, 0) is 25.8 Å². The number of hydrogen-bond donors (Lipinski definition) is 1. The van der Waals surface area contributed by atoms with Crippen LogP contribution in [0.3, 0.4) is 0 Å². The molecular formula is C14H16N2O4. The van der Waals surface area contributed by atoms with E-state index >= 15 is 0 Å². The molecule has 1 aliphatic carbocycles. The molecule has 0 radical (unpaired) electrons. The number of carbonyl (C=O) groups excluding carboxylic acids is 1. The minimum atomic E-state index is -0.506. The van der Waals surface area contributed by atoms with E-state index < -0.39 is 10.9 Å². The van der Waals surface area contributed by atoms with Gasteiger partial charge in [-0.3, -0.25) is 10.1 Å². The van der Waals surface area contributed by atoms with E-state index in [9.17, 15) is 14.9 Å². The smallest absolute Gasteiger partial charge is 0.332 e. The fourth-order valence-corrected chi connectivity index (χ4v) is 1.81. The normalized spacial score (nSPS) is 14.8. The van der Waals surface area contributed by atoms with E-state index in [0.717, 1.165) is 12.8 Å². The largest absolute Gasteiger partial charge is 0.463 e. The first-order valence-electron chi connectivity index (χ1n) is 6.50. The number of para-hydroxylation sites is 1. The van der Waals surface area contributed by atoms with Crippen LogP contribution in [0.15, 0.2) is 30.3 Å². The van der Waals surface area contributed by atoms with Crippen LogP contribution in [0, 0.1) is 10.1 Å². The number of ether oxygens (including phenoxy) is 1. The van der Waals surface area contributed by atoms with Crippen molar-refractivity contribution in [1.29, 1.82) is 0 Å². The predicted molar refractivity (Wildman–Crippen MR) is 73.9 cm³/mol. The molecule has 0 unspecified atom stereocenters. The van der Waals surface area contributed by atoms with E-state index in [4.69, 9.17) is 4.74 Å². The van der Waals surface area contributed by atoms with Crippen LogP contribution in [0.5, 0.6) is 0 Å². The molecule has 0 heterocycles. The molecule has 1 N–H and O–H groups in total. The Kier molecular flexibility index (Phi) is 4.34. The average Bonchev–Trinajstić information content (AvgIpc) is 3.22. The Morgan fingerprint density at radius 3 is 2.80 bits per heavy atom. The van der Waals surface area contributed by atoms with Gasteiger partial charge >= 0.3 is 5.97 Å². The first kappa shape index (κ1) is 14.0. The van der Waals surface area contributed by atoms with Crippen LogP contribution in [0.1, 0.15) is 25.3 Å². The van der Waals surface area contributed by atoms with Crippen molar-refractivity contribution in [2.75, 3.05) is 6.61 Å². The Labute approximate surface area is 116 Å². The molecule has 6 nitrogen and oxygen atoms in total. The number of nitro benzene ring substituents is 1. The summed E-state index contributed by atoms with van der Waals surface area (Å²) in [5.74, 6) is -0.506. The van der Waals surface area contributed by atoms with Crippen LogP contribution in [0.2, 0.25) is 0 Å². The van der Waals surface area contributed by atoms with E-state index in [1.54, 1.807) is 25.1 Å². The third kappa shape index (κ3) is 3.57. The Hall–Kier alpha value is -2.37. The SMILES string of the molecule is CCOC(=O)/C=C(\NC1CC1)c1ccccc1[N+](=O)[O-]. The van der Waals surface area contributed by atoms with E-state index in [1.165, 1.54) is 12.1 Å². The lowest BCUT2D eigenvalue weighted by Crippen LogP contribution is -2.17. The summed E-state index contributed by atoms with van der Waals surface area (Å²) < 4.78 is 4.87. The summed E-state index contributed by atoms with van der Waals surface area (Å²) in [5, 5.41) is 14.2. The van der Waals surface area contributed by atoms with Crippen molar-refractivity contribution in [3.63, 3.8) is 0 Å². The lowest BCUT2D eigenvalue weighted by molar-refractivity contribution is -0.385. The summed E-state index contributed by atoms with van der Waals surface area (Å²) in [6, 6.07) is 6.62. The number of nitro groups is 1. The number of nitrogens with one attached hydrogen (secondary N) is 1. The summed E-state index contributed by atoms with van der Waals surface area (Å²) >= 11 is 0. The number of hydrogen-bond acceptors (Lipinski definition) is 5. The lowest BCUT2D eigenvalue weighted by atomic mass is 10.1. The third-order valence-electron chi connectivity index (χ3n) is 2.88. The van der Waals surface area contributed by atoms with Crippen molar-refractivity contribution < 1.29 is 14.5 Å². The van der Waals surface area contributed by atoms with Gasteiger partial charge in [0, 0.05) is 18.2 Å². The molecule has 0 bridgehead atoms. The number of esters is 1. The van der Waals surface area contributed by atoms with Gasteiger partial charge in [-0.15, -0.1) is 0 Å². The molecule has 6 heteroatoms. The molecule has 0 aliphatic heterocycles. The maximum absolute atomic E-state index is 11.6. The van der Waals surface area contributed by atoms with Crippen molar-refractivity contribution in [3.8, 4) is 0 Å². The highest BCUT2D eigenvalue weighted by atomic mass is 16.6. The third-order valence-corrected chi connectivity index (χ3v) is 2.88. The molecule has 2 rings (SSSR count). The first-order valence-corrected chi connectivity index (χ1v) is 6.50. The molecule has 1 saturated carbocycles. The Morgan fingerprint density at radius 2 is 2.20 bits per heavy atom. The highest BCUT2D eigenvalue weighted by molar-refractivity contribution is 5.92. The van der Waals surface area contributed by atoms with Gasteiger partial charge in [-0.25, -0.2) is 4.79 Å². The molecule has 0 atom stereocenters. The molecule has 20 heavy (non-hydrogen) atoms. The number of nitrogens with zero attached hydrogens (tertiary/aromatic N) is 1. The summed E-state index contributed by atoms with van der Waals surface area (Å²) in [6.45, 7) is 1.98. The van der Waals surface area contributed by atoms with E-state index in [-0.39, 0.29) is 18.3 Å². The molecule has 0 spiro atoms. The summed E-state index contributed by atoms with van der Waals surface area (Å²) in [6.07, 6.45) is 3.28. The molecule has 0 saturated heterocycles. The highest BCUT2D eigenvalue weighted by Gasteiger charge is 2.25. The van der Waals surface area contributed by atoms with Crippen LogP contribution < -0.4 is 5.32 Å². The molecular weight excluding hydrogens is 260 g/mol. The van der Waals surface area contributed by atoms with Crippen LogP contribution in [-0.2, 0) is 9.53 Å². The number of benzene rings is 1. The average molecular weight is 276 g/mol. The Balaban J connectivity index is 2.35. The van der Waals surface area contributed by atoms with Crippen molar-refractivity contribution in [3.05, 3.63) is 46.0 Å². The zero-order valence-electron chi connectivity index (χ0n) is 11.2. The number of carbonyl (C=O) groups is 1. The fraction of sp³-hybridized carbons (Fsp3) is 0.357. The topological polar surface area (TPSA) is 81.5 Å². The van der Waals surface area contributed by atoms with Gasteiger partial charge in [0.2, 0.25) is 0 Å². The fourth-order valence-electron chi connectivity index (χ4n) is 1.81. The van der Waals surface area contributed by atoms with E-state index in [0.29, 0.717) is 11.3 Å². The Morgan fingerprint density at radius 1 is 1.50 bits per heavy atom. The van der Waals surface area contributed by atoms with Gasteiger partial charge < -0.3 is 10.1 Å². The van der Waals surface area contributed by atoms with Gasteiger partial charge in [0.05, 0.1) is 22.8 Å². The molecule has 1 fully saturated rings. The standard InChI is InChI=1S/C14H16N2O4/c1-2-20-14(17)9-12(15-10-7-8-10)11-5-3-4-6-13(11)16(18)19/h3-6,9-10,15H,2,7-8H2,1H3/b12-9-. The molecule has 0 aromatic heterocycles. The molecule has 1 aromatic rings. The maximum atomic E-state index is 11.6. The first-order chi connectivity index (χ1) is 9.61. The summed E-state index contributed by atoms with van der Waals surface area (Å²) in [7, 11) is 0. The lowest BCUT2D eigenvalue weighted by Gasteiger charge is -2.10. The van der Waals surface area contributed by atoms with E-state index in [1.807, 2.05) is 0 Å². The second kappa shape index (κ2) is 6.18. The minimum absolute atomic E-state index is 0.0313. The van der Waals surface area contributed by atoms with Crippen LogP contribution in [-0.4, -0.2) is 23.5 Å². The van der Waals surface area contributed by atoms with Crippen LogP contribution >= 0.6 is 0 Å². The monoisotopic (exact) mass is 276 g/mol. The minimum Gasteiger partial charge on any atom is -0.463 e. The summed E-state index contributed by atoms with van der Waals surface area (Å²) in [5.41, 5.74) is 0.812. The Bertz CT molecular complexity index is 550. The van der Waals surface area contributed by atoms with Crippen molar-refractivity contribution in [2.45, 2.75) is 25.8 Å². The molecule has 1 aromatic carbocycles. The molecule has 1 aliphatic rings. The van der Waals surface area contributed by atoms with Gasteiger partial charge in [-0.1, -0.05) is 12.1 Å². The van der Waals surface area contributed by atoms with E-state index in [2.05, 4.69) is 5.32 Å². The zero-order valence-corrected chi connectivity index (χ0v) is 11.2. The second-order valence-electron chi connectivity index (χ2n) is 4.50. The van der Waals surface area contributed by atoms with Crippen molar-refractivity contribution >= 4 is 17.4 Å². The maximum Gasteiger partial charge on any atom is 0.332 e. The van der Waals surface area contributed by atoms with Crippen LogP contribution in [0.4, 0.5) is 5.69 Å². The van der Waals surface area contributed by atoms with Crippen molar-refractivity contribution in [2.24, 2.45) is 0 Å². The zero-order chi connectivity index (χ0) is 14.5. The van der Waals surface area contributed by atoms with Gasteiger partial charge in [0.15, 0.2) is 0 Å². The van der Waals surface area contributed by atoms with Crippen LogP contribution in [0.25, 0.3) is 5.70 Å². The van der Waals surface area contributed by atoms with Gasteiger partial charge in [0.25, 0.3) is 5.69 Å². The quantitative estimate of drug-likeness (QED) is 0.373. The molecule has 0 amide bonds.